The van der Waals surface area contributed by atoms with Crippen LogP contribution in [0.4, 0.5) is 0 Å². The molecule has 18 heavy (non-hydrogen) atoms. The van der Waals surface area contributed by atoms with Crippen LogP contribution in [0, 0.1) is 5.41 Å². The summed E-state index contributed by atoms with van der Waals surface area (Å²) in [5, 5.41) is 0. The largest absolute Gasteiger partial charge is 0.460 e. The van der Waals surface area contributed by atoms with Gasteiger partial charge in [0.2, 0.25) is 0 Å². The number of halogens is 1. The summed E-state index contributed by atoms with van der Waals surface area (Å²) in [4.78, 5) is 12.2. The number of hydrogen-bond acceptors (Lipinski definition) is 2. The second-order valence-electron chi connectivity index (χ2n) is 6.23. The Hall–Kier alpha value is -0.830. The van der Waals surface area contributed by atoms with Gasteiger partial charge < -0.3 is 4.74 Å². The quantitative estimate of drug-likeness (QED) is 0.762. The van der Waals surface area contributed by atoms with E-state index in [0.29, 0.717) is 5.92 Å². The first kappa shape index (κ1) is 13.6. The Morgan fingerprint density at radius 3 is 2.39 bits per heavy atom. The third kappa shape index (κ3) is 2.77. The van der Waals surface area contributed by atoms with Gasteiger partial charge in [0.1, 0.15) is 5.60 Å². The van der Waals surface area contributed by atoms with Crippen molar-refractivity contribution in [3.63, 3.8) is 0 Å². The van der Waals surface area contributed by atoms with Crippen molar-refractivity contribution in [3.05, 3.63) is 34.3 Å². The topological polar surface area (TPSA) is 26.3 Å². The second-order valence-corrected chi connectivity index (χ2v) is 7.14. The Bertz CT molecular complexity index is 458. The van der Waals surface area contributed by atoms with Gasteiger partial charge in [0, 0.05) is 10.4 Å². The molecule has 0 aliphatic heterocycles. The van der Waals surface area contributed by atoms with E-state index in [1.807, 2.05) is 39.8 Å². The zero-order valence-corrected chi connectivity index (χ0v) is 12.9. The zero-order chi connectivity index (χ0) is 13.6. The number of benzene rings is 1. The van der Waals surface area contributed by atoms with Gasteiger partial charge in [0.25, 0.3) is 0 Å². The minimum atomic E-state index is -0.410. The fourth-order valence-corrected chi connectivity index (χ4v) is 2.43. The van der Waals surface area contributed by atoms with E-state index in [2.05, 4.69) is 28.1 Å². The molecule has 0 bridgehead atoms. The van der Waals surface area contributed by atoms with E-state index in [9.17, 15) is 4.79 Å². The summed E-state index contributed by atoms with van der Waals surface area (Å²) in [6.45, 7) is 7.72. The second kappa shape index (κ2) is 4.37. The first-order chi connectivity index (χ1) is 8.22. The van der Waals surface area contributed by atoms with E-state index in [1.165, 1.54) is 5.56 Å². The highest BCUT2D eigenvalue weighted by molar-refractivity contribution is 9.10. The molecule has 0 spiro atoms. The van der Waals surface area contributed by atoms with Gasteiger partial charge in [-0.3, -0.25) is 4.79 Å². The lowest BCUT2D eigenvalue weighted by Gasteiger charge is -2.22. The Labute approximate surface area is 117 Å². The Balaban J connectivity index is 2.08. The summed E-state index contributed by atoms with van der Waals surface area (Å²) in [7, 11) is 0. The van der Waals surface area contributed by atoms with Gasteiger partial charge in [0.15, 0.2) is 0 Å². The minimum absolute atomic E-state index is 0.0806. The van der Waals surface area contributed by atoms with Crippen LogP contribution in [0.2, 0.25) is 0 Å². The molecule has 1 saturated carbocycles. The highest BCUT2D eigenvalue weighted by atomic mass is 79.9. The molecule has 1 aliphatic rings. The lowest BCUT2D eigenvalue weighted by Crippen LogP contribution is -2.29. The number of hydrogen-bond donors (Lipinski definition) is 0. The molecular weight excluding hydrogens is 292 g/mol. The number of esters is 1. The van der Waals surface area contributed by atoms with Crippen molar-refractivity contribution >= 4 is 21.9 Å². The molecule has 1 aromatic rings. The van der Waals surface area contributed by atoms with Gasteiger partial charge in [-0.2, -0.15) is 0 Å². The molecule has 0 saturated heterocycles. The number of carbonyl (C=O) groups excluding carboxylic acids is 1. The van der Waals surface area contributed by atoms with Crippen LogP contribution in [-0.4, -0.2) is 11.6 Å². The SMILES string of the molecule is CC(C)(C)OC(=O)C1(C)CC1c1ccc(Br)cc1. The zero-order valence-electron chi connectivity index (χ0n) is 11.3. The Morgan fingerprint density at radius 1 is 1.33 bits per heavy atom. The third-order valence-electron chi connectivity index (χ3n) is 3.37. The summed E-state index contributed by atoms with van der Waals surface area (Å²) < 4.78 is 6.55. The van der Waals surface area contributed by atoms with Gasteiger partial charge in [-0.1, -0.05) is 28.1 Å². The van der Waals surface area contributed by atoms with E-state index in [1.54, 1.807) is 0 Å². The van der Waals surface area contributed by atoms with Crippen molar-refractivity contribution < 1.29 is 9.53 Å². The molecular formula is C15H19BrO2. The predicted molar refractivity (Wildman–Crippen MR) is 75.5 cm³/mol. The highest BCUT2D eigenvalue weighted by Crippen LogP contribution is 2.60. The number of ether oxygens (including phenoxy) is 1. The summed E-state index contributed by atoms with van der Waals surface area (Å²) in [6, 6.07) is 8.18. The van der Waals surface area contributed by atoms with E-state index >= 15 is 0 Å². The van der Waals surface area contributed by atoms with Crippen molar-refractivity contribution in [1.82, 2.24) is 0 Å². The summed E-state index contributed by atoms with van der Waals surface area (Å²) in [6.07, 6.45) is 0.879. The Kier molecular flexibility index (Phi) is 3.30. The predicted octanol–water partition coefficient (Wildman–Crippen LogP) is 4.28. The molecule has 0 aromatic heterocycles. The van der Waals surface area contributed by atoms with Crippen LogP contribution in [0.5, 0.6) is 0 Å². The van der Waals surface area contributed by atoms with Crippen LogP contribution < -0.4 is 0 Å². The van der Waals surface area contributed by atoms with Crippen LogP contribution in [0.1, 0.15) is 45.6 Å². The summed E-state index contributed by atoms with van der Waals surface area (Å²) in [5.74, 6) is 0.211. The summed E-state index contributed by atoms with van der Waals surface area (Å²) in [5.41, 5.74) is 0.459. The van der Waals surface area contributed by atoms with Crippen molar-refractivity contribution in [2.75, 3.05) is 0 Å². The van der Waals surface area contributed by atoms with Gasteiger partial charge >= 0.3 is 5.97 Å². The molecule has 1 aliphatic carbocycles. The van der Waals surface area contributed by atoms with Gasteiger partial charge in [-0.15, -0.1) is 0 Å². The molecule has 0 heterocycles. The van der Waals surface area contributed by atoms with Crippen LogP contribution in [-0.2, 0) is 9.53 Å². The molecule has 3 heteroatoms. The van der Waals surface area contributed by atoms with E-state index in [0.717, 1.165) is 10.9 Å². The fourth-order valence-electron chi connectivity index (χ4n) is 2.17. The van der Waals surface area contributed by atoms with Crippen LogP contribution >= 0.6 is 15.9 Å². The molecule has 1 fully saturated rings. The average molecular weight is 311 g/mol. The molecule has 0 radical (unpaired) electrons. The van der Waals surface area contributed by atoms with Gasteiger partial charge in [-0.25, -0.2) is 0 Å². The van der Waals surface area contributed by atoms with Gasteiger partial charge in [-0.05, 0) is 51.8 Å². The monoisotopic (exact) mass is 310 g/mol. The Morgan fingerprint density at radius 2 is 1.89 bits per heavy atom. The van der Waals surface area contributed by atoms with E-state index in [-0.39, 0.29) is 11.4 Å². The number of carbonyl (C=O) groups is 1. The first-order valence-corrected chi connectivity index (χ1v) is 7.00. The first-order valence-electron chi connectivity index (χ1n) is 6.21. The van der Waals surface area contributed by atoms with Crippen LogP contribution in [0.3, 0.4) is 0 Å². The maximum atomic E-state index is 12.2. The van der Waals surface area contributed by atoms with Crippen molar-refractivity contribution in [2.45, 2.75) is 45.6 Å². The maximum Gasteiger partial charge on any atom is 0.312 e. The molecule has 2 rings (SSSR count). The maximum absolute atomic E-state index is 12.2. The normalized spacial score (nSPS) is 26.8. The van der Waals surface area contributed by atoms with Crippen molar-refractivity contribution in [2.24, 2.45) is 5.41 Å². The van der Waals surface area contributed by atoms with Crippen molar-refractivity contribution in [3.8, 4) is 0 Å². The van der Waals surface area contributed by atoms with Gasteiger partial charge in [0.05, 0.1) is 5.41 Å². The van der Waals surface area contributed by atoms with E-state index in [4.69, 9.17) is 4.74 Å². The minimum Gasteiger partial charge on any atom is -0.460 e. The molecule has 0 N–H and O–H groups in total. The third-order valence-corrected chi connectivity index (χ3v) is 3.90. The smallest absolute Gasteiger partial charge is 0.312 e. The molecule has 2 atom stereocenters. The standard InChI is InChI=1S/C15H19BrO2/c1-14(2,3)18-13(17)15(4)9-12(15)10-5-7-11(16)8-6-10/h5-8,12H,9H2,1-4H3. The lowest BCUT2D eigenvalue weighted by molar-refractivity contribution is -0.161. The van der Waals surface area contributed by atoms with Crippen LogP contribution in [0.15, 0.2) is 28.7 Å². The molecule has 1 aromatic carbocycles. The van der Waals surface area contributed by atoms with E-state index < -0.39 is 5.60 Å². The average Bonchev–Trinajstić information content (AvgIpc) is 2.91. The molecule has 2 unspecified atom stereocenters. The summed E-state index contributed by atoms with van der Waals surface area (Å²) >= 11 is 3.42. The fraction of sp³-hybridized carbons (Fsp3) is 0.533. The lowest BCUT2D eigenvalue weighted by atomic mass is 10.0. The molecule has 98 valence electrons. The molecule has 2 nitrogen and oxygen atoms in total. The van der Waals surface area contributed by atoms with Crippen molar-refractivity contribution in [1.29, 1.82) is 0 Å². The highest BCUT2D eigenvalue weighted by Gasteiger charge is 2.58. The van der Waals surface area contributed by atoms with Crippen LogP contribution in [0.25, 0.3) is 0 Å². The number of rotatable bonds is 2. The molecule has 0 amide bonds.